The third-order valence-electron chi connectivity index (χ3n) is 6.19. The molecule has 5 nitrogen and oxygen atoms in total. The first-order valence-electron chi connectivity index (χ1n) is 11.2. The first-order valence-corrected chi connectivity index (χ1v) is 11.2. The molecule has 0 aliphatic heterocycles. The number of imidazole rings is 1. The summed E-state index contributed by atoms with van der Waals surface area (Å²) < 4.78 is 4.17. The van der Waals surface area contributed by atoms with Crippen LogP contribution in [0.1, 0.15) is 0 Å². The fourth-order valence-electron chi connectivity index (χ4n) is 4.52. The molecular weight excluding hydrogens is 418 g/mol. The molecule has 4 heterocycles. The zero-order valence-electron chi connectivity index (χ0n) is 18.2. The second-order valence-corrected chi connectivity index (χ2v) is 8.30. The monoisotopic (exact) mass is 437 g/mol. The Hall–Kier alpha value is -4.77. The van der Waals surface area contributed by atoms with Crippen LogP contribution in [0.3, 0.4) is 0 Å². The Morgan fingerprint density at radius 2 is 1.21 bits per heavy atom. The lowest BCUT2D eigenvalue weighted by atomic mass is 10.1. The lowest BCUT2D eigenvalue weighted by Gasteiger charge is -2.10. The van der Waals surface area contributed by atoms with Gasteiger partial charge < -0.3 is 0 Å². The van der Waals surface area contributed by atoms with Gasteiger partial charge in [0.05, 0.1) is 27.9 Å². The van der Waals surface area contributed by atoms with Gasteiger partial charge >= 0.3 is 0 Å². The minimum atomic E-state index is 0.637. The quantitative estimate of drug-likeness (QED) is 0.315. The second-order valence-electron chi connectivity index (χ2n) is 8.30. The molecule has 7 rings (SSSR count). The van der Waals surface area contributed by atoms with Crippen LogP contribution in [0.15, 0.2) is 116 Å². The molecule has 0 spiro atoms. The summed E-state index contributed by atoms with van der Waals surface area (Å²) in [5, 5.41) is 1.12. The second kappa shape index (κ2) is 7.39. The summed E-state index contributed by atoms with van der Waals surface area (Å²) in [6.45, 7) is 0. The SMILES string of the molecule is c1ccc(-c2cc(-c3ccccc3)nc(-n3ccc4cc5c(cc43)nc3ccccn35)n2)cc1. The first kappa shape index (κ1) is 18.8. The van der Waals surface area contributed by atoms with Crippen LogP contribution in [0, 0.1) is 0 Å². The number of benzene rings is 3. The molecule has 4 aromatic heterocycles. The molecule has 5 heteroatoms. The molecule has 0 fully saturated rings. The summed E-state index contributed by atoms with van der Waals surface area (Å²) >= 11 is 0. The average Bonchev–Trinajstić information content (AvgIpc) is 3.49. The van der Waals surface area contributed by atoms with Crippen molar-refractivity contribution in [2.45, 2.75) is 0 Å². The number of hydrogen-bond acceptors (Lipinski definition) is 3. The van der Waals surface area contributed by atoms with E-state index >= 15 is 0 Å². The van der Waals surface area contributed by atoms with E-state index in [-0.39, 0.29) is 0 Å². The van der Waals surface area contributed by atoms with Crippen LogP contribution in [0.4, 0.5) is 0 Å². The maximum absolute atomic E-state index is 4.97. The number of aromatic nitrogens is 5. The molecule has 0 aliphatic carbocycles. The molecule has 0 aliphatic rings. The van der Waals surface area contributed by atoms with Crippen LogP contribution in [0.5, 0.6) is 0 Å². The summed E-state index contributed by atoms with van der Waals surface area (Å²) in [6.07, 6.45) is 4.08. The highest BCUT2D eigenvalue weighted by molar-refractivity contribution is 5.96. The van der Waals surface area contributed by atoms with Gasteiger partial charge in [-0.3, -0.25) is 8.97 Å². The molecule has 7 aromatic rings. The zero-order chi connectivity index (χ0) is 22.5. The van der Waals surface area contributed by atoms with Crippen LogP contribution in [0.2, 0.25) is 0 Å². The van der Waals surface area contributed by atoms with Gasteiger partial charge in [0, 0.05) is 28.9 Å². The van der Waals surface area contributed by atoms with Crippen LogP contribution < -0.4 is 0 Å². The summed E-state index contributed by atoms with van der Waals surface area (Å²) in [5.74, 6) is 0.637. The Labute approximate surface area is 195 Å². The van der Waals surface area contributed by atoms with Gasteiger partial charge in [0.25, 0.3) is 0 Å². The summed E-state index contributed by atoms with van der Waals surface area (Å²) in [4.78, 5) is 14.8. The molecule has 0 unspecified atom stereocenters. The Morgan fingerprint density at radius 3 is 1.91 bits per heavy atom. The molecule has 0 N–H and O–H groups in total. The van der Waals surface area contributed by atoms with Gasteiger partial charge in [0.15, 0.2) is 0 Å². The summed E-state index contributed by atoms with van der Waals surface area (Å²) in [6, 6.07) is 35.0. The minimum absolute atomic E-state index is 0.637. The molecule has 0 saturated heterocycles. The van der Waals surface area contributed by atoms with E-state index in [0.717, 1.165) is 50.1 Å². The molecule has 0 amide bonds. The van der Waals surface area contributed by atoms with E-state index in [9.17, 15) is 0 Å². The third-order valence-corrected chi connectivity index (χ3v) is 6.19. The van der Waals surface area contributed by atoms with E-state index in [4.69, 9.17) is 15.0 Å². The van der Waals surface area contributed by atoms with E-state index in [2.05, 4.69) is 57.5 Å². The predicted molar refractivity (Wildman–Crippen MR) is 136 cm³/mol. The summed E-state index contributed by atoms with van der Waals surface area (Å²) in [5.41, 5.74) is 7.89. The standard InChI is InChI=1S/C29H19N5/c1-3-9-20(10-4-1)23-18-24(21-11-5-2-6-12-21)32-29(31-23)34-16-14-22-17-27-25(19-26(22)34)30-28-13-7-8-15-33(27)28/h1-19H. The smallest absolute Gasteiger partial charge is 0.235 e. The van der Waals surface area contributed by atoms with Crippen LogP contribution >= 0.6 is 0 Å². The topological polar surface area (TPSA) is 48.0 Å². The van der Waals surface area contributed by atoms with Crippen LogP contribution in [-0.2, 0) is 0 Å². The van der Waals surface area contributed by atoms with Gasteiger partial charge in [0.1, 0.15) is 5.65 Å². The predicted octanol–water partition coefficient (Wildman–Crippen LogP) is 6.56. The van der Waals surface area contributed by atoms with Crippen molar-refractivity contribution in [3.05, 3.63) is 116 Å². The van der Waals surface area contributed by atoms with Crippen LogP contribution in [0.25, 0.3) is 56.0 Å². The number of fused-ring (bicyclic) bond motifs is 4. The lowest BCUT2D eigenvalue weighted by molar-refractivity contribution is 0.969. The van der Waals surface area contributed by atoms with E-state index in [1.54, 1.807) is 0 Å². The maximum atomic E-state index is 4.97. The number of nitrogens with zero attached hydrogens (tertiary/aromatic N) is 5. The summed E-state index contributed by atoms with van der Waals surface area (Å²) in [7, 11) is 0. The fraction of sp³-hybridized carbons (Fsp3) is 0. The number of rotatable bonds is 3. The normalized spacial score (nSPS) is 11.5. The third kappa shape index (κ3) is 2.98. The highest BCUT2D eigenvalue weighted by Crippen LogP contribution is 2.29. The highest BCUT2D eigenvalue weighted by atomic mass is 15.2. The minimum Gasteiger partial charge on any atom is -0.300 e. The Morgan fingerprint density at radius 1 is 0.529 bits per heavy atom. The molecule has 0 bridgehead atoms. The first-order chi connectivity index (χ1) is 16.8. The number of pyridine rings is 1. The van der Waals surface area contributed by atoms with Gasteiger partial charge in [-0.05, 0) is 36.4 Å². The largest absolute Gasteiger partial charge is 0.300 e. The van der Waals surface area contributed by atoms with Crippen molar-refractivity contribution >= 4 is 27.6 Å². The van der Waals surface area contributed by atoms with E-state index in [0.29, 0.717) is 5.95 Å². The van der Waals surface area contributed by atoms with Crippen molar-refractivity contribution < 1.29 is 0 Å². The maximum Gasteiger partial charge on any atom is 0.235 e. The molecule has 3 aromatic carbocycles. The van der Waals surface area contributed by atoms with Gasteiger partial charge in [-0.15, -0.1) is 0 Å². The Balaban J connectivity index is 1.47. The fourth-order valence-corrected chi connectivity index (χ4v) is 4.52. The van der Waals surface area contributed by atoms with Crippen molar-refractivity contribution in [1.29, 1.82) is 0 Å². The molecule has 0 atom stereocenters. The van der Waals surface area contributed by atoms with E-state index < -0.39 is 0 Å². The lowest BCUT2D eigenvalue weighted by Crippen LogP contribution is -2.03. The molecule has 160 valence electrons. The van der Waals surface area contributed by atoms with E-state index in [1.165, 1.54) is 0 Å². The van der Waals surface area contributed by atoms with E-state index in [1.807, 2.05) is 67.0 Å². The molecular formula is C29H19N5. The molecule has 0 saturated carbocycles. The Bertz CT molecular complexity index is 1740. The molecule has 34 heavy (non-hydrogen) atoms. The average molecular weight is 438 g/mol. The van der Waals surface area contributed by atoms with Gasteiger partial charge in [0.2, 0.25) is 5.95 Å². The zero-order valence-corrected chi connectivity index (χ0v) is 18.2. The highest BCUT2D eigenvalue weighted by Gasteiger charge is 2.14. The van der Waals surface area contributed by atoms with Crippen molar-refractivity contribution in [2.24, 2.45) is 0 Å². The number of hydrogen-bond donors (Lipinski definition) is 0. The van der Waals surface area contributed by atoms with Crippen LogP contribution in [-0.4, -0.2) is 23.9 Å². The van der Waals surface area contributed by atoms with Crippen molar-refractivity contribution in [2.75, 3.05) is 0 Å². The van der Waals surface area contributed by atoms with Crippen molar-refractivity contribution in [1.82, 2.24) is 23.9 Å². The Kier molecular flexibility index (Phi) is 4.08. The molecule has 0 radical (unpaired) electrons. The van der Waals surface area contributed by atoms with Crippen molar-refractivity contribution in [3.63, 3.8) is 0 Å². The van der Waals surface area contributed by atoms with Gasteiger partial charge in [-0.2, -0.15) is 0 Å². The van der Waals surface area contributed by atoms with Crippen molar-refractivity contribution in [3.8, 4) is 28.5 Å². The van der Waals surface area contributed by atoms with Gasteiger partial charge in [-0.25, -0.2) is 15.0 Å². The van der Waals surface area contributed by atoms with Gasteiger partial charge in [-0.1, -0.05) is 66.7 Å².